The maximum absolute atomic E-state index is 12.0. The van der Waals surface area contributed by atoms with Gasteiger partial charge < -0.3 is 10.1 Å². The van der Waals surface area contributed by atoms with Gasteiger partial charge in [0.05, 0.1) is 6.21 Å². The first-order valence-corrected chi connectivity index (χ1v) is 9.98. The summed E-state index contributed by atoms with van der Waals surface area (Å²) in [4.78, 5) is 23.9. The van der Waals surface area contributed by atoms with E-state index in [0.717, 1.165) is 15.6 Å². The molecule has 0 aliphatic heterocycles. The van der Waals surface area contributed by atoms with E-state index in [-0.39, 0.29) is 0 Å². The zero-order valence-corrected chi connectivity index (χ0v) is 17.8. The molecule has 0 aliphatic carbocycles. The molecular formula is C23H20BrN3O3. The zero-order chi connectivity index (χ0) is 21.3. The van der Waals surface area contributed by atoms with Crippen LogP contribution < -0.4 is 15.5 Å². The second-order valence-corrected chi connectivity index (χ2v) is 7.39. The number of hydrazone groups is 1. The molecule has 3 aromatic rings. The number of para-hydroxylation sites is 1. The minimum Gasteiger partial charge on any atom is -0.488 e. The van der Waals surface area contributed by atoms with Crippen LogP contribution in [0.5, 0.6) is 5.75 Å². The largest absolute Gasteiger partial charge is 0.488 e. The van der Waals surface area contributed by atoms with Gasteiger partial charge in [0.25, 0.3) is 0 Å². The Balaban J connectivity index is 1.56. The smallest absolute Gasteiger partial charge is 0.329 e. The molecule has 3 rings (SSSR count). The first-order valence-electron chi connectivity index (χ1n) is 9.18. The van der Waals surface area contributed by atoms with E-state index in [4.69, 9.17) is 4.74 Å². The number of amides is 2. The average molecular weight is 466 g/mol. The van der Waals surface area contributed by atoms with Crippen molar-refractivity contribution in [2.24, 2.45) is 5.10 Å². The van der Waals surface area contributed by atoms with E-state index in [0.29, 0.717) is 23.6 Å². The first-order chi connectivity index (χ1) is 14.5. The predicted octanol–water partition coefficient (Wildman–Crippen LogP) is 4.43. The number of ether oxygens (including phenoxy) is 1. The van der Waals surface area contributed by atoms with Crippen LogP contribution >= 0.6 is 15.9 Å². The fraction of sp³-hybridized carbons (Fsp3) is 0.0870. The van der Waals surface area contributed by atoms with E-state index >= 15 is 0 Å². The van der Waals surface area contributed by atoms with Gasteiger partial charge in [-0.2, -0.15) is 5.10 Å². The molecule has 0 saturated heterocycles. The van der Waals surface area contributed by atoms with Crippen LogP contribution in [-0.4, -0.2) is 18.0 Å². The topological polar surface area (TPSA) is 79.8 Å². The Bertz CT molecular complexity index is 1050. The molecule has 0 aliphatic rings. The number of carbonyl (C=O) groups is 2. The summed E-state index contributed by atoms with van der Waals surface area (Å²) in [7, 11) is 0. The van der Waals surface area contributed by atoms with Crippen molar-refractivity contribution in [1.82, 2.24) is 5.43 Å². The molecule has 0 bridgehead atoms. The van der Waals surface area contributed by atoms with Crippen LogP contribution in [0.15, 0.2) is 82.4 Å². The van der Waals surface area contributed by atoms with Crippen LogP contribution in [0.2, 0.25) is 0 Å². The summed E-state index contributed by atoms with van der Waals surface area (Å²) in [5.41, 5.74) is 5.52. The lowest BCUT2D eigenvalue weighted by Gasteiger charge is -2.09. The molecule has 30 heavy (non-hydrogen) atoms. The molecule has 2 N–H and O–H groups in total. The van der Waals surface area contributed by atoms with Crippen molar-refractivity contribution in [3.8, 4) is 5.75 Å². The molecule has 2 amide bonds. The Hall–Kier alpha value is -3.45. The highest BCUT2D eigenvalue weighted by molar-refractivity contribution is 9.10. The number of carbonyl (C=O) groups excluding carboxylic acids is 2. The summed E-state index contributed by atoms with van der Waals surface area (Å²) >= 11 is 3.40. The van der Waals surface area contributed by atoms with Gasteiger partial charge in [0.1, 0.15) is 12.4 Å². The van der Waals surface area contributed by atoms with Crippen LogP contribution in [0.1, 0.15) is 16.7 Å². The van der Waals surface area contributed by atoms with E-state index in [1.807, 2.05) is 61.5 Å². The van der Waals surface area contributed by atoms with Gasteiger partial charge >= 0.3 is 11.8 Å². The number of anilines is 1. The number of hydrogen-bond acceptors (Lipinski definition) is 4. The highest BCUT2D eigenvalue weighted by atomic mass is 79.9. The molecule has 6 nitrogen and oxygen atoms in total. The molecule has 7 heteroatoms. The molecule has 152 valence electrons. The van der Waals surface area contributed by atoms with E-state index in [9.17, 15) is 9.59 Å². The molecular weight excluding hydrogens is 446 g/mol. The standard InChI is InChI=1S/C23H20BrN3O3/c1-16-6-12-20(13-7-16)26-22(28)23(29)27-25-14-18-4-2-3-5-21(18)30-15-17-8-10-19(24)11-9-17/h2-14H,15H2,1H3,(H,26,28)(H,27,29)/b25-14+. The van der Waals surface area contributed by atoms with E-state index in [2.05, 4.69) is 31.8 Å². The Morgan fingerprint density at radius 2 is 1.67 bits per heavy atom. The third-order valence-electron chi connectivity index (χ3n) is 4.11. The molecule has 0 radical (unpaired) electrons. The molecule has 0 aromatic heterocycles. The van der Waals surface area contributed by atoms with Crippen molar-refractivity contribution in [1.29, 1.82) is 0 Å². The molecule has 0 unspecified atom stereocenters. The summed E-state index contributed by atoms with van der Waals surface area (Å²) in [6.07, 6.45) is 1.44. The summed E-state index contributed by atoms with van der Waals surface area (Å²) in [6, 6.07) is 22.3. The summed E-state index contributed by atoms with van der Waals surface area (Å²) < 4.78 is 6.86. The number of benzene rings is 3. The highest BCUT2D eigenvalue weighted by Crippen LogP contribution is 2.18. The monoisotopic (exact) mass is 465 g/mol. The van der Waals surface area contributed by atoms with Crippen molar-refractivity contribution >= 4 is 39.6 Å². The lowest BCUT2D eigenvalue weighted by Crippen LogP contribution is -2.32. The van der Waals surface area contributed by atoms with Crippen molar-refractivity contribution in [2.75, 3.05) is 5.32 Å². The van der Waals surface area contributed by atoms with Gasteiger partial charge in [-0.1, -0.05) is 57.9 Å². The quantitative estimate of drug-likeness (QED) is 0.321. The van der Waals surface area contributed by atoms with E-state index in [1.165, 1.54) is 6.21 Å². The van der Waals surface area contributed by atoms with Crippen LogP contribution in [0.25, 0.3) is 0 Å². The lowest BCUT2D eigenvalue weighted by atomic mass is 10.2. The maximum Gasteiger partial charge on any atom is 0.329 e. The van der Waals surface area contributed by atoms with Gasteiger partial charge in [-0.25, -0.2) is 5.43 Å². The third-order valence-corrected chi connectivity index (χ3v) is 4.64. The van der Waals surface area contributed by atoms with Crippen molar-refractivity contribution in [3.63, 3.8) is 0 Å². The van der Waals surface area contributed by atoms with Gasteiger partial charge in [-0.15, -0.1) is 0 Å². The van der Waals surface area contributed by atoms with Crippen LogP contribution in [0.3, 0.4) is 0 Å². The lowest BCUT2D eigenvalue weighted by molar-refractivity contribution is -0.136. The molecule has 0 fully saturated rings. The molecule has 0 heterocycles. The summed E-state index contributed by atoms with van der Waals surface area (Å²) in [6.45, 7) is 2.33. The molecule has 0 atom stereocenters. The fourth-order valence-corrected chi connectivity index (χ4v) is 2.76. The maximum atomic E-state index is 12.0. The Morgan fingerprint density at radius 3 is 2.40 bits per heavy atom. The van der Waals surface area contributed by atoms with Gasteiger partial charge in [-0.05, 0) is 48.9 Å². The molecule has 0 saturated carbocycles. The number of nitrogens with zero attached hydrogens (tertiary/aromatic N) is 1. The third kappa shape index (κ3) is 6.28. The number of halogens is 1. The number of aryl methyl sites for hydroxylation is 1. The number of rotatable bonds is 6. The summed E-state index contributed by atoms with van der Waals surface area (Å²) in [5.74, 6) is -1.04. The Morgan fingerprint density at radius 1 is 0.967 bits per heavy atom. The summed E-state index contributed by atoms with van der Waals surface area (Å²) in [5, 5.41) is 6.39. The first kappa shape index (κ1) is 21.3. The Labute approximate surface area is 183 Å². The second kappa shape index (κ2) is 10.4. The van der Waals surface area contributed by atoms with Crippen molar-refractivity contribution < 1.29 is 14.3 Å². The van der Waals surface area contributed by atoms with Gasteiger partial charge in [0, 0.05) is 15.7 Å². The number of nitrogens with one attached hydrogen (secondary N) is 2. The highest BCUT2D eigenvalue weighted by Gasteiger charge is 2.12. The van der Waals surface area contributed by atoms with Crippen molar-refractivity contribution in [3.05, 3.63) is 94.0 Å². The molecule has 0 spiro atoms. The Kier molecular flexibility index (Phi) is 7.34. The average Bonchev–Trinajstić information content (AvgIpc) is 2.75. The van der Waals surface area contributed by atoms with Gasteiger partial charge in [-0.3, -0.25) is 9.59 Å². The molecule has 3 aromatic carbocycles. The van der Waals surface area contributed by atoms with Crippen LogP contribution in [0.4, 0.5) is 5.69 Å². The predicted molar refractivity (Wildman–Crippen MR) is 120 cm³/mol. The van der Waals surface area contributed by atoms with E-state index < -0.39 is 11.8 Å². The number of hydrogen-bond donors (Lipinski definition) is 2. The second-order valence-electron chi connectivity index (χ2n) is 6.47. The van der Waals surface area contributed by atoms with Gasteiger partial charge in [0.2, 0.25) is 0 Å². The normalized spacial score (nSPS) is 10.6. The SMILES string of the molecule is Cc1ccc(NC(=O)C(=O)N/N=C/c2ccccc2OCc2ccc(Br)cc2)cc1. The minimum atomic E-state index is -0.861. The van der Waals surface area contributed by atoms with E-state index in [1.54, 1.807) is 18.2 Å². The van der Waals surface area contributed by atoms with Crippen molar-refractivity contribution in [2.45, 2.75) is 13.5 Å². The fourth-order valence-electron chi connectivity index (χ4n) is 2.50. The van der Waals surface area contributed by atoms with Gasteiger partial charge in [0.15, 0.2) is 0 Å². The van der Waals surface area contributed by atoms with Crippen LogP contribution in [0, 0.1) is 6.92 Å². The van der Waals surface area contributed by atoms with Crippen LogP contribution in [-0.2, 0) is 16.2 Å². The zero-order valence-electron chi connectivity index (χ0n) is 16.3. The minimum absolute atomic E-state index is 0.392.